The van der Waals surface area contributed by atoms with Crippen LogP contribution in [0.5, 0.6) is 0 Å². The number of fused-ring (bicyclic) bond motifs is 2. The summed E-state index contributed by atoms with van der Waals surface area (Å²) in [6.45, 7) is 9.13. The Morgan fingerprint density at radius 1 is 1.13 bits per heavy atom. The van der Waals surface area contributed by atoms with Crippen molar-refractivity contribution in [3.8, 4) is 0 Å². The van der Waals surface area contributed by atoms with Crippen molar-refractivity contribution in [3.05, 3.63) is 84.5 Å². The second-order valence-electron chi connectivity index (χ2n) is 5.37. The minimum atomic E-state index is -1.33. The van der Waals surface area contributed by atoms with Crippen LogP contribution in [0.3, 0.4) is 0 Å². The summed E-state index contributed by atoms with van der Waals surface area (Å²) < 4.78 is 18.6. The first-order valence-corrected chi connectivity index (χ1v) is 8.29. The van der Waals surface area contributed by atoms with E-state index in [0.717, 1.165) is 0 Å². The van der Waals surface area contributed by atoms with Gasteiger partial charge in [-0.1, -0.05) is 37.4 Å². The molecule has 2 aromatic rings. The van der Waals surface area contributed by atoms with E-state index >= 15 is 0 Å². The van der Waals surface area contributed by atoms with Crippen LogP contribution < -0.4 is 0 Å². The Bertz CT molecular complexity index is 762. The van der Waals surface area contributed by atoms with Gasteiger partial charge in [0, 0.05) is 16.7 Å². The van der Waals surface area contributed by atoms with E-state index in [-0.39, 0.29) is 0 Å². The van der Waals surface area contributed by atoms with Crippen LogP contribution in [-0.2, 0) is 26.3 Å². The van der Waals surface area contributed by atoms with E-state index in [0.29, 0.717) is 26.5 Å². The molecule has 0 saturated heterocycles. The van der Waals surface area contributed by atoms with E-state index in [9.17, 15) is 9.35 Å². The van der Waals surface area contributed by atoms with Gasteiger partial charge in [0.1, 0.15) is 0 Å². The fraction of sp³-hybridized carbons (Fsp3) is 0.105. The lowest BCUT2D eigenvalue weighted by Gasteiger charge is -2.37. The molecule has 3 nitrogen and oxygen atoms in total. The Labute approximate surface area is 138 Å². The van der Waals surface area contributed by atoms with Crippen molar-refractivity contribution in [2.45, 2.75) is 22.3 Å². The molecule has 0 unspecified atom stereocenters. The molecule has 0 atom stereocenters. The molecule has 0 fully saturated rings. The van der Waals surface area contributed by atoms with E-state index in [1.165, 1.54) is 0 Å². The summed E-state index contributed by atoms with van der Waals surface area (Å²) in [6, 6.07) is 14.5. The highest BCUT2D eigenvalue weighted by Gasteiger charge is 2.48. The lowest BCUT2D eigenvalue weighted by atomic mass is 9.85. The van der Waals surface area contributed by atoms with Crippen molar-refractivity contribution >= 4 is 17.1 Å². The third-order valence-electron chi connectivity index (χ3n) is 3.86. The van der Waals surface area contributed by atoms with Crippen molar-refractivity contribution in [2.24, 2.45) is 0 Å². The van der Waals surface area contributed by atoms with Gasteiger partial charge in [-0.05, 0) is 37.3 Å². The number of benzene rings is 2. The van der Waals surface area contributed by atoms with Gasteiger partial charge in [-0.3, -0.25) is 0 Å². The number of esters is 1. The quantitative estimate of drug-likeness (QED) is 0.374. The smallest absolute Gasteiger partial charge is 0.334 e. The summed E-state index contributed by atoms with van der Waals surface area (Å²) in [5.74, 6) is -0.512. The predicted molar refractivity (Wildman–Crippen MR) is 89.4 cm³/mol. The van der Waals surface area contributed by atoms with Gasteiger partial charge in [0.05, 0.1) is 11.1 Å². The summed E-state index contributed by atoms with van der Waals surface area (Å²) in [6.07, 6.45) is 1.59. The summed E-state index contributed by atoms with van der Waals surface area (Å²) in [5, 5.41) is 0. The first-order chi connectivity index (χ1) is 11.0. The van der Waals surface area contributed by atoms with E-state index in [4.69, 9.17) is 4.74 Å². The van der Waals surface area contributed by atoms with Crippen LogP contribution >= 0.6 is 0 Å². The summed E-state index contributed by atoms with van der Waals surface area (Å²) in [5.41, 5.74) is 0.466. The fourth-order valence-electron chi connectivity index (χ4n) is 2.74. The maximum absolute atomic E-state index is 12.9. The number of ether oxygens (including phenoxy) is 1. The molecule has 2 aromatic carbocycles. The minimum Gasteiger partial charge on any atom is -0.606 e. The van der Waals surface area contributed by atoms with Gasteiger partial charge in [0.2, 0.25) is 0 Å². The second kappa shape index (κ2) is 5.72. The van der Waals surface area contributed by atoms with E-state index in [1.54, 1.807) is 25.1 Å². The van der Waals surface area contributed by atoms with E-state index in [1.807, 2.05) is 36.4 Å². The first-order valence-electron chi connectivity index (χ1n) is 7.14. The van der Waals surface area contributed by atoms with Crippen molar-refractivity contribution in [1.82, 2.24) is 0 Å². The van der Waals surface area contributed by atoms with Crippen LogP contribution in [0.25, 0.3) is 0 Å². The van der Waals surface area contributed by atoms with E-state index < -0.39 is 22.7 Å². The van der Waals surface area contributed by atoms with Crippen molar-refractivity contribution in [1.29, 1.82) is 0 Å². The molecule has 1 aliphatic rings. The molecule has 0 radical (unpaired) electrons. The summed E-state index contributed by atoms with van der Waals surface area (Å²) >= 11 is -1.33. The Kier molecular flexibility index (Phi) is 3.88. The molecule has 3 rings (SSSR count). The molecule has 0 amide bonds. The third kappa shape index (κ3) is 2.31. The van der Waals surface area contributed by atoms with Gasteiger partial charge in [-0.15, -0.1) is 0 Å². The van der Waals surface area contributed by atoms with Crippen LogP contribution in [0.4, 0.5) is 0 Å². The molecule has 116 valence electrons. The van der Waals surface area contributed by atoms with E-state index in [2.05, 4.69) is 13.2 Å². The fourth-order valence-corrected chi connectivity index (χ4v) is 4.22. The SMILES string of the molecule is C=CC1(OC(=O)C(=C)C)c2ccccc2[S+]([O-])c2ccccc21. The van der Waals surface area contributed by atoms with Gasteiger partial charge in [-0.2, -0.15) is 0 Å². The zero-order valence-corrected chi connectivity index (χ0v) is 13.6. The standard InChI is InChI=1S/C19H16O3S/c1-4-19(22-18(20)13(2)3)14-9-5-7-11-16(14)23(21)17-12-8-6-10-15(17)19/h4-12H,1-2H2,3H3. The maximum Gasteiger partial charge on any atom is 0.334 e. The monoisotopic (exact) mass is 324 g/mol. The minimum absolute atomic E-state index is 0.299. The first kappa shape index (κ1) is 15.6. The van der Waals surface area contributed by atoms with Gasteiger partial charge < -0.3 is 9.29 Å². The van der Waals surface area contributed by atoms with Crippen molar-refractivity contribution in [2.75, 3.05) is 0 Å². The molecule has 0 aliphatic carbocycles. The summed E-state index contributed by atoms with van der Waals surface area (Å²) in [4.78, 5) is 13.5. The Balaban J connectivity index is 2.30. The Morgan fingerprint density at radius 2 is 1.61 bits per heavy atom. The normalized spacial score (nSPS) is 21.7. The maximum atomic E-state index is 12.9. The van der Waals surface area contributed by atoms with Gasteiger partial charge in [0.15, 0.2) is 15.4 Å². The van der Waals surface area contributed by atoms with Crippen LogP contribution in [0, 0.1) is 0 Å². The van der Waals surface area contributed by atoms with Crippen molar-refractivity contribution in [3.63, 3.8) is 0 Å². The van der Waals surface area contributed by atoms with Crippen molar-refractivity contribution < 1.29 is 14.1 Å². The highest BCUT2D eigenvalue weighted by Crippen LogP contribution is 2.47. The molecule has 4 heteroatoms. The average Bonchev–Trinajstić information content (AvgIpc) is 2.58. The highest BCUT2D eigenvalue weighted by atomic mass is 32.2. The van der Waals surface area contributed by atoms with Gasteiger partial charge in [0.25, 0.3) is 0 Å². The molecular weight excluding hydrogens is 308 g/mol. The zero-order chi connectivity index (χ0) is 16.6. The van der Waals surface area contributed by atoms with Crippen LogP contribution in [0.1, 0.15) is 18.1 Å². The molecule has 1 heterocycles. The number of rotatable bonds is 3. The molecular formula is C19H16O3S. The molecule has 0 aromatic heterocycles. The lowest BCUT2D eigenvalue weighted by Crippen LogP contribution is -2.38. The largest absolute Gasteiger partial charge is 0.606 e. The number of hydrogen-bond donors (Lipinski definition) is 0. The number of hydrogen-bond acceptors (Lipinski definition) is 3. The molecule has 1 aliphatic heterocycles. The van der Waals surface area contributed by atoms with Gasteiger partial charge >= 0.3 is 5.97 Å². The highest BCUT2D eigenvalue weighted by molar-refractivity contribution is 7.91. The molecule has 0 N–H and O–H groups in total. The molecule has 0 bridgehead atoms. The topological polar surface area (TPSA) is 49.4 Å². The molecule has 0 spiro atoms. The molecule has 23 heavy (non-hydrogen) atoms. The number of carbonyl (C=O) groups excluding carboxylic acids is 1. The Morgan fingerprint density at radius 3 is 2.04 bits per heavy atom. The Hall–Kier alpha value is -2.30. The second-order valence-corrected chi connectivity index (χ2v) is 6.79. The lowest BCUT2D eigenvalue weighted by molar-refractivity contribution is -0.148. The number of carbonyl (C=O) groups is 1. The summed E-state index contributed by atoms with van der Waals surface area (Å²) in [7, 11) is 0. The molecule has 0 saturated carbocycles. The average molecular weight is 324 g/mol. The van der Waals surface area contributed by atoms with Gasteiger partial charge in [-0.25, -0.2) is 4.79 Å². The van der Waals surface area contributed by atoms with Crippen LogP contribution in [0.15, 0.2) is 83.1 Å². The third-order valence-corrected chi connectivity index (χ3v) is 5.37. The predicted octanol–water partition coefficient (Wildman–Crippen LogP) is 3.72. The zero-order valence-electron chi connectivity index (χ0n) is 12.7. The van der Waals surface area contributed by atoms with Crippen LogP contribution in [-0.4, -0.2) is 10.5 Å². The van der Waals surface area contributed by atoms with Crippen LogP contribution in [0.2, 0.25) is 0 Å².